The van der Waals surface area contributed by atoms with E-state index in [1.807, 2.05) is 0 Å². The minimum atomic E-state index is -0.435. The number of benzene rings is 1. The lowest BCUT2D eigenvalue weighted by Gasteiger charge is -2.11. The molecule has 0 atom stereocenters. The van der Waals surface area contributed by atoms with Gasteiger partial charge < -0.3 is 25.8 Å². The first-order valence-corrected chi connectivity index (χ1v) is 6.55. The van der Waals surface area contributed by atoms with E-state index in [9.17, 15) is 9.59 Å². The van der Waals surface area contributed by atoms with Gasteiger partial charge in [-0.25, -0.2) is 4.79 Å². The number of amides is 1. The number of carbonyl (C=O) groups is 2. The van der Waals surface area contributed by atoms with Gasteiger partial charge in [0.25, 0.3) is 0 Å². The Morgan fingerprint density at radius 3 is 2.67 bits per heavy atom. The number of nitrogens with one attached hydrogen (secondary N) is 2. The van der Waals surface area contributed by atoms with Crippen molar-refractivity contribution in [3.8, 4) is 0 Å². The molecule has 0 fully saturated rings. The highest BCUT2D eigenvalue weighted by Gasteiger charge is 2.08. The van der Waals surface area contributed by atoms with E-state index in [-0.39, 0.29) is 5.91 Å². The van der Waals surface area contributed by atoms with Crippen LogP contribution in [0, 0.1) is 0 Å². The minimum Gasteiger partial charge on any atom is -0.465 e. The fraction of sp³-hybridized carbons (Fsp3) is 0.429. The largest absolute Gasteiger partial charge is 0.465 e. The number of ether oxygens (including phenoxy) is 2. The average Bonchev–Trinajstić information content (AvgIpc) is 2.48. The first-order valence-electron chi connectivity index (χ1n) is 6.55. The second-order valence-corrected chi connectivity index (χ2v) is 4.31. The Hall–Kier alpha value is -2.28. The maximum Gasteiger partial charge on any atom is 0.337 e. The van der Waals surface area contributed by atoms with Crippen molar-refractivity contribution in [2.24, 2.45) is 0 Å². The summed E-state index contributed by atoms with van der Waals surface area (Å²) in [5.74, 6) is -0.516. The zero-order valence-electron chi connectivity index (χ0n) is 12.3. The molecule has 0 bridgehead atoms. The number of rotatable bonds is 8. The average molecular weight is 295 g/mol. The minimum absolute atomic E-state index is 0.0813. The van der Waals surface area contributed by atoms with Crippen molar-refractivity contribution in [2.75, 3.05) is 45.0 Å². The summed E-state index contributed by atoms with van der Waals surface area (Å²) in [6, 6.07) is 4.81. The normalized spacial score (nSPS) is 10.0. The van der Waals surface area contributed by atoms with Gasteiger partial charge >= 0.3 is 5.97 Å². The Kier molecular flexibility index (Phi) is 7.03. The molecule has 1 aromatic rings. The summed E-state index contributed by atoms with van der Waals surface area (Å²) in [6.45, 7) is 1.37. The van der Waals surface area contributed by atoms with E-state index >= 15 is 0 Å². The van der Waals surface area contributed by atoms with Gasteiger partial charge in [0.15, 0.2) is 0 Å². The molecule has 0 aromatic heterocycles. The molecule has 0 aliphatic carbocycles. The summed E-state index contributed by atoms with van der Waals surface area (Å²) in [7, 11) is 2.89. The van der Waals surface area contributed by atoms with Crippen LogP contribution in [-0.2, 0) is 14.3 Å². The van der Waals surface area contributed by atoms with E-state index in [1.54, 1.807) is 25.3 Å². The van der Waals surface area contributed by atoms with Gasteiger partial charge in [-0.3, -0.25) is 4.79 Å². The summed E-state index contributed by atoms with van der Waals surface area (Å²) in [4.78, 5) is 22.9. The maximum absolute atomic E-state index is 11.5. The van der Waals surface area contributed by atoms with Crippen LogP contribution >= 0.6 is 0 Å². The highest BCUT2D eigenvalue weighted by atomic mass is 16.5. The second-order valence-electron chi connectivity index (χ2n) is 4.31. The molecule has 0 saturated heterocycles. The third kappa shape index (κ3) is 5.70. The van der Waals surface area contributed by atoms with Crippen molar-refractivity contribution in [3.63, 3.8) is 0 Å². The molecule has 4 N–H and O–H groups in total. The zero-order chi connectivity index (χ0) is 15.7. The molecule has 116 valence electrons. The molecule has 0 radical (unpaired) electrons. The van der Waals surface area contributed by atoms with Crippen LogP contribution in [0.25, 0.3) is 0 Å². The number of nitrogen functional groups attached to an aromatic ring is 1. The summed E-state index contributed by atoms with van der Waals surface area (Å²) in [5, 5.41) is 5.74. The summed E-state index contributed by atoms with van der Waals surface area (Å²) in [6.07, 6.45) is 0.297. The van der Waals surface area contributed by atoms with Gasteiger partial charge in [0.2, 0.25) is 5.91 Å². The van der Waals surface area contributed by atoms with Crippen LogP contribution in [0.1, 0.15) is 16.8 Å². The Morgan fingerprint density at radius 1 is 1.24 bits per heavy atom. The van der Waals surface area contributed by atoms with Crippen LogP contribution in [0.5, 0.6) is 0 Å². The number of hydrogen-bond donors (Lipinski definition) is 3. The smallest absolute Gasteiger partial charge is 0.337 e. The molecular weight excluding hydrogens is 274 g/mol. The number of esters is 1. The third-order valence-electron chi connectivity index (χ3n) is 2.77. The first kappa shape index (κ1) is 16.8. The van der Waals surface area contributed by atoms with Crippen molar-refractivity contribution in [1.29, 1.82) is 0 Å². The van der Waals surface area contributed by atoms with Crippen LogP contribution in [-0.4, -0.2) is 45.8 Å². The van der Waals surface area contributed by atoms with Crippen molar-refractivity contribution in [1.82, 2.24) is 5.32 Å². The van der Waals surface area contributed by atoms with Crippen LogP contribution < -0.4 is 16.4 Å². The Bertz CT molecular complexity index is 491. The van der Waals surface area contributed by atoms with E-state index in [0.717, 1.165) is 0 Å². The van der Waals surface area contributed by atoms with Crippen molar-refractivity contribution >= 4 is 23.3 Å². The molecule has 0 saturated carbocycles. The lowest BCUT2D eigenvalue weighted by atomic mass is 10.1. The molecule has 0 unspecified atom stereocenters. The topological polar surface area (TPSA) is 103 Å². The van der Waals surface area contributed by atoms with E-state index in [4.69, 9.17) is 10.5 Å². The van der Waals surface area contributed by atoms with Gasteiger partial charge in [-0.05, 0) is 18.2 Å². The van der Waals surface area contributed by atoms with Crippen molar-refractivity contribution in [3.05, 3.63) is 23.8 Å². The van der Waals surface area contributed by atoms with E-state index in [0.29, 0.717) is 43.1 Å². The fourth-order valence-electron chi connectivity index (χ4n) is 1.65. The summed E-state index contributed by atoms with van der Waals surface area (Å²) < 4.78 is 9.48. The Morgan fingerprint density at radius 2 is 2.00 bits per heavy atom. The lowest BCUT2D eigenvalue weighted by molar-refractivity contribution is -0.121. The van der Waals surface area contributed by atoms with Crippen LogP contribution in [0.4, 0.5) is 11.4 Å². The van der Waals surface area contributed by atoms with Gasteiger partial charge in [0, 0.05) is 26.6 Å². The molecule has 21 heavy (non-hydrogen) atoms. The number of hydrogen-bond acceptors (Lipinski definition) is 6. The third-order valence-corrected chi connectivity index (χ3v) is 2.77. The number of carbonyl (C=O) groups excluding carboxylic acids is 2. The van der Waals surface area contributed by atoms with E-state index in [1.165, 1.54) is 7.11 Å². The molecule has 1 aromatic carbocycles. The highest BCUT2D eigenvalue weighted by Crippen LogP contribution is 2.20. The van der Waals surface area contributed by atoms with Crippen molar-refractivity contribution in [2.45, 2.75) is 6.42 Å². The molecule has 7 nitrogen and oxygen atoms in total. The summed E-state index contributed by atoms with van der Waals surface area (Å²) in [5.41, 5.74) is 7.32. The predicted octanol–water partition coefficient (Wildman–Crippen LogP) is 0.620. The monoisotopic (exact) mass is 295 g/mol. The van der Waals surface area contributed by atoms with Gasteiger partial charge in [-0.1, -0.05) is 0 Å². The second kappa shape index (κ2) is 8.80. The predicted molar refractivity (Wildman–Crippen MR) is 80.2 cm³/mol. The maximum atomic E-state index is 11.5. The van der Waals surface area contributed by atoms with Gasteiger partial charge in [0.1, 0.15) is 0 Å². The SMILES string of the molecule is COCCNC(=O)CCNc1cc(C(=O)OC)ccc1N. The molecule has 7 heteroatoms. The molecule has 1 rings (SSSR count). The zero-order valence-corrected chi connectivity index (χ0v) is 12.3. The number of methoxy groups -OCH3 is 2. The molecule has 0 spiro atoms. The molecule has 1 amide bonds. The molecule has 0 aliphatic heterocycles. The molecule has 0 aliphatic rings. The Balaban J connectivity index is 2.47. The molecule has 0 heterocycles. The number of nitrogens with two attached hydrogens (primary N) is 1. The number of anilines is 2. The van der Waals surface area contributed by atoms with E-state index < -0.39 is 5.97 Å². The van der Waals surface area contributed by atoms with Crippen molar-refractivity contribution < 1.29 is 19.1 Å². The fourth-order valence-corrected chi connectivity index (χ4v) is 1.65. The Labute approximate surface area is 123 Å². The van der Waals surface area contributed by atoms with Gasteiger partial charge in [-0.2, -0.15) is 0 Å². The lowest BCUT2D eigenvalue weighted by Crippen LogP contribution is -2.28. The van der Waals surface area contributed by atoms with Gasteiger partial charge in [0.05, 0.1) is 30.7 Å². The quantitative estimate of drug-likeness (QED) is 0.369. The first-order chi connectivity index (χ1) is 10.1. The van der Waals surface area contributed by atoms with E-state index in [2.05, 4.69) is 15.4 Å². The summed E-state index contributed by atoms with van der Waals surface area (Å²) >= 11 is 0. The molecular formula is C14H21N3O4. The van der Waals surface area contributed by atoms with Gasteiger partial charge in [-0.15, -0.1) is 0 Å². The van der Waals surface area contributed by atoms with Crippen LogP contribution in [0.2, 0.25) is 0 Å². The van der Waals surface area contributed by atoms with Crippen LogP contribution in [0.3, 0.4) is 0 Å². The van der Waals surface area contributed by atoms with Crippen LogP contribution in [0.15, 0.2) is 18.2 Å². The standard InChI is InChI=1S/C14H21N3O4/c1-20-8-7-17-13(18)5-6-16-12-9-10(14(19)21-2)3-4-11(12)15/h3-4,9,16H,5-8,15H2,1-2H3,(H,17,18). The highest BCUT2D eigenvalue weighted by molar-refractivity contribution is 5.92.